The summed E-state index contributed by atoms with van der Waals surface area (Å²) in [5.74, 6) is 1.24. The first kappa shape index (κ1) is 26.4. The molecule has 0 aromatic heterocycles. The van der Waals surface area contributed by atoms with Crippen LogP contribution in [0.1, 0.15) is 17.0 Å². The van der Waals surface area contributed by atoms with Gasteiger partial charge in [0.1, 0.15) is 11.5 Å². The van der Waals surface area contributed by atoms with Gasteiger partial charge in [0.05, 0.1) is 23.9 Å². The summed E-state index contributed by atoms with van der Waals surface area (Å²) in [6, 6.07) is 20.3. The van der Waals surface area contributed by atoms with Crippen LogP contribution in [-0.2, 0) is 10.0 Å². The monoisotopic (exact) mass is 683 g/mol. The lowest BCUT2D eigenvalue weighted by Crippen LogP contribution is -2.40. The Hall–Kier alpha value is -1.65. The number of ether oxygens (including phenoxy) is 2. The Kier molecular flexibility index (Phi) is 8.43. The Morgan fingerprint density at radius 1 is 0.886 bits per heavy atom. The van der Waals surface area contributed by atoms with E-state index in [0.29, 0.717) is 6.54 Å². The van der Waals surface area contributed by atoms with E-state index in [1.807, 2.05) is 48.5 Å². The highest BCUT2D eigenvalue weighted by molar-refractivity contribution is 9.10. The summed E-state index contributed by atoms with van der Waals surface area (Å²) in [5.41, 5.74) is 2.94. The van der Waals surface area contributed by atoms with E-state index in [2.05, 4.69) is 47.8 Å². The topological polar surface area (TPSA) is 55.8 Å². The molecule has 0 spiro atoms. The number of nitrogens with zero attached hydrogens (tertiary/aromatic N) is 1. The summed E-state index contributed by atoms with van der Waals surface area (Å²) in [5, 5.41) is 0. The van der Waals surface area contributed by atoms with Gasteiger partial charge in [-0.3, -0.25) is 0 Å². The number of alkyl halides is 1. The van der Waals surface area contributed by atoms with Crippen molar-refractivity contribution in [2.75, 3.05) is 27.3 Å². The van der Waals surface area contributed by atoms with E-state index in [1.54, 1.807) is 38.5 Å². The second-order valence-corrected chi connectivity index (χ2v) is 12.9. The lowest BCUT2D eigenvalue weighted by molar-refractivity contribution is 0.398. The van der Waals surface area contributed by atoms with Crippen molar-refractivity contribution < 1.29 is 17.9 Å². The summed E-state index contributed by atoms with van der Waals surface area (Å²) in [6.07, 6.45) is 1.99. The van der Waals surface area contributed by atoms with Crippen LogP contribution in [0.3, 0.4) is 0 Å². The molecular formula is C26H24Br3NO4S. The van der Waals surface area contributed by atoms with Gasteiger partial charge in [-0.15, -0.1) is 0 Å². The van der Waals surface area contributed by atoms with Crippen molar-refractivity contribution in [1.29, 1.82) is 0 Å². The van der Waals surface area contributed by atoms with Gasteiger partial charge in [0.25, 0.3) is 0 Å². The van der Waals surface area contributed by atoms with Crippen molar-refractivity contribution in [3.63, 3.8) is 0 Å². The molecule has 0 aliphatic carbocycles. The third kappa shape index (κ3) is 5.54. The van der Waals surface area contributed by atoms with Gasteiger partial charge in [-0.2, -0.15) is 4.31 Å². The average Bonchev–Trinajstić information content (AvgIpc) is 2.86. The van der Waals surface area contributed by atoms with Gasteiger partial charge in [0.2, 0.25) is 10.0 Å². The van der Waals surface area contributed by atoms with E-state index in [9.17, 15) is 8.42 Å². The first-order valence-electron chi connectivity index (χ1n) is 10.8. The normalized spacial score (nSPS) is 16.7. The predicted octanol–water partition coefficient (Wildman–Crippen LogP) is 6.76. The maximum atomic E-state index is 13.3. The van der Waals surface area contributed by atoms with Crippen LogP contribution in [0.2, 0.25) is 0 Å². The molecule has 9 heteroatoms. The number of sulfonamides is 1. The van der Waals surface area contributed by atoms with Crippen LogP contribution in [0.4, 0.5) is 0 Å². The number of hydrogen-bond acceptors (Lipinski definition) is 4. The smallest absolute Gasteiger partial charge is 0.243 e. The quantitative estimate of drug-likeness (QED) is 0.204. The Morgan fingerprint density at radius 3 is 1.91 bits per heavy atom. The van der Waals surface area contributed by atoms with Crippen LogP contribution in [-0.4, -0.2) is 44.9 Å². The van der Waals surface area contributed by atoms with Crippen LogP contribution in [0, 0.1) is 0 Å². The van der Waals surface area contributed by atoms with E-state index >= 15 is 0 Å². The van der Waals surface area contributed by atoms with Gasteiger partial charge in [-0.05, 0) is 54.1 Å². The van der Waals surface area contributed by atoms with Gasteiger partial charge in [-0.25, -0.2) is 8.42 Å². The largest absolute Gasteiger partial charge is 0.496 e. The van der Waals surface area contributed by atoms with Crippen molar-refractivity contribution in [3.05, 3.63) is 98.5 Å². The molecule has 0 saturated heterocycles. The molecule has 0 saturated carbocycles. The number of halogens is 3. The number of methoxy groups -OCH3 is 2. The SMILES string of the molecule is COc1ccc(Br)cc1C(C1=CCN(S(=O)(=O)c2ccccc2)CC1Br)c1cc(Br)ccc1OC. The molecule has 0 amide bonds. The minimum Gasteiger partial charge on any atom is -0.496 e. The van der Waals surface area contributed by atoms with E-state index in [-0.39, 0.29) is 22.2 Å². The number of hydrogen-bond donors (Lipinski definition) is 0. The Labute approximate surface area is 231 Å². The van der Waals surface area contributed by atoms with Gasteiger partial charge < -0.3 is 9.47 Å². The predicted molar refractivity (Wildman–Crippen MR) is 149 cm³/mol. The number of benzene rings is 3. The highest BCUT2D eigenvalue weighted by Crippen LogP contribution is 2.46. The first-order chi connectivity index (χ1) is 16.8. The van der Waals surface area contributed by atoms with Crippen molar-refractivity contribution >= 4 is 57.8 Å². The fraction of sp³-hybridized carbons (Fsp3) is 0.231. The zero-order valence-electron chi connectivity index (χ0n) is 19.1. The van der Waals surface area contributed by atoms with Gasteiger partial charge in [-0.1, -0.05) is 72.1 Å². The van der Waals surface area contributed by atoms with Gasteiger partial charge in [0.15, 0.2) is 0 Å². The van der Waals surface area contributed by atoms with Crippen LogP contribution < -0.4 is 9.47 Å². The fourth-order valence-corrected chi connectivity index (χ4v) is 7.48. The minimum atomic E-state index is -3.62. The second-order valence-electron chi connectivity index (χ2n) is 8.01. The highest BCUT2D eigenvalue weighted by Gasteiger charge is 2.36. The molecule has 1 atom stereocenters. The van der Waals surface area contributed by atoms with E-state index in [1.165, 1.54) is 4.31 Å². The van der Waals surface area contributed by atoms with E-state index in [0.717, 1.165) is 37.1 Å². The summed E-state index contributed by atoms with van der Waals surface area (Å²) in [4.78, 5) is 0.0579. The average molecular weight is 686 g/mol. The number of rotatable bonds is 7. The molecule has 0 N–H and O–H groups in total. The van der Waals surface area contributed by atoms with Crippen molar-refractivity contribution in [2.45, 2.75) is 15.6 Å². The highest BCUT2D eigenvalue weighted by atomic mass is 79.9. The van der Waals surface area contributed by atoms with Crippen molar-refractivity contribution in [3.8, 4) is 11.5 Å². The summed E-state index contributed by atoms with van der Waals surface area (Å²) < 4.78 is 41.4. The van der Waals surface area contributed by atoms with Crippen LogP contribution in [0.15, 0.2) is 92.2 Å². The maximum absolute atomic E-state index is 13.3. The van der Waals surface area contributed by atoms with Crippen LogP contribution in [0.25, 0.3) is 0 Å². The first-order valence-corrected chi connectivity index (χ1v) is 14.8. The van der Waals surface area contributed by atoms with Gasteiger partial charge in [0, 0.05) is 39.1 Å². The summed E-state index contributed by atoms with van der Waals surface area (Å²) in [7, 11) is -0.319. The molecule has 3 aromatic rings. The Morgan fingerprint density at radius 2 is 1.43 bits per heavy atom. The molecule has 1 aliphatic rings. The molecule has 1 aliphatic heterocycles. The Bertz CT molecular complexity index is 1290. The molecular weight excluding hydrogens is 662 g/mol. The van der Waals surface area contributed by atoms with E-state index in [4.69, 9.17) is 9.47 Å². The third-order valence-corrected chi connectivity index (χ3v) is 9.63. The molecule has 0 radical (unpaired) electrons. The molecule has 4 rings (SSSR count). The lowest BCUT2D eigenvalue weighted by Gasteiger charge is -2.34. The minimum absolute atomic E-state index is 0.230. The zero-order valence-corrected chi connectivity index (χ0v) is 24.7. The fourth-order valence-electron chi connectivity index (χ4n) is 4.32. The summed E-state index contributed by atoms with van der Waals surface area (Å²) >= 11 is 11.0. The molecule has 1 unspecified atom stereocenters. The zero-order chi connectivity index (χ0) is 25.2. The van der Waals surface area contributed by atoms with Crippen LogP contribution >= 0.6 is 47.8 Å². The van der Waals surface area contributed by atoms with E-state index < -0.39 is 10.0 Å². The molecule has 0 bridgehead atoms. The molecule has 0 fully saturated rings. The molecule has 35 heavy (non-hydrogen) atoms. The van der Waals surface area contributed by atoms with Crippen molar-refractivity contribution in [1.82, 2.24) is 4.31 Å². The second kappa shape index (κ2) is 11.2. The van der Waals surface area contributed by atoms with Crippen molar-refractivity contribution in [2.24, 2.45) is 0 Å². The lowest BCUT2D eigenvalue weighted by atomic mass is 9.81. The molecule has 1 heterocycles. The van der Waals surface area contributed by atoms with Gasteiger partial charge >= 0.3 is 0 Å². The third-order valence-electron chi connectivity index (χ3n) is 5.98. The standard InChI is InChI=1S/C26H24Br3NO4S/c1-33-24-10-8-17(27)14-21(24)26(22-15-18(28)9-11-25(22)34-2)20-12-13-30(16-23(20)29)35(31,32)19-6-4-3-5-7-19/h3-12,14-15,23,26H,13,16H2,1-2H3. The van der Waals surface area contributed by atoms with Crippen LogP contribution in [0.5, 0.6) is 11.5 Å². The maximum Gasteiger partial charge on any atom is 0.243 e. The molecule has 3 aromatic carbocycles. The Balaban J connectivity index is 1.84. The molecule has 184 valence electrons. The molecule has 5 nitrogen and oxygen atoms in total. The summed E-state index contributed by atoms with van der Waals surface area (Å²) in [6.45, 7) is 0.560.